The summed E-state index contributed by atoms with van der Waals surface area (Å²) in [6.07, 6.45) is 8.80. The number of hydrogen-bond donors (Lipinski definition) is 1. The summed E-state index contributed by atoms with van der Waals surface area (Å²) in [6, 6.07) is 0.369. The molecule has 0 spiro atoms. The largest absolute Gasteiger partial charge is 0.395 e. The molecule has 0 aromatic carbocycles. The van der Waals surface area contributed by atoms with E-state index in [0.717, 1.165) is 48.5 Å². The van der Waals surface area contributed by atoms with Crippen molar-refractivity contribution in [1.29, 1.82) is 0 Å². The number of nitrogens with zero attached hydrogens (tertiary/aromatic N) is 4. The van der Waals surface area contributed by atoms with E-state index in [-0.39, 0.29) is 18.3 Å². The minimum absolute atomic E-state index is 0.0645. The Morgan fingerprint density at radius 3 is 2.28 bits per heavy atom. The third-order valence-corrected chi connectivity index (χ3v) is 6.77. The number of ketones is 1. The van der Waals surface area contributed by atoms with Crippen molar-refractivity contribution >= 4 is 17.2 Å². The highest BCUT2D eigenvalue weighted by atomic mass is 16.3. The first-order valence-corrected chi connectivity index (χ1v) is 13.1. The van der Waals surface area contributed by atoms with Crippen LogP contribution in [0.15, 0.2) is 69.0 Å². The van der Waals surface area contributed by atoms with Crippen molar-refractivity contribution in [3.8, 4) is 0 Å². The van der Waals surface area contributed by atoms with Crippen LogP contribution in [0, 0.1) is 5.92 Å². The van der Waals surface area contributed by atoms with E-state index in [1.165, 1.54) is 5.70 Å². The van der Waals surface area contributed by atoms with Gasteiger partial charge in [0.25, 0.3) is 0 Å². The summed E-state index contributed by atoms with van der Waals surface area (Å²) in [5, 5.41) is 9.34. The van der Waals surface area contributed by atoms with Gasteiger partial charge in [-0.1, -0.05) is 32.1 Å². The third kappa shape index (κ3) is 9.47. The predicted molar refractivity (Wildman–Crippen MR) is 155 cm³/mol. The van der Waals surface area contributed by atoms with Crippen LogP contribution in [-0.4, -0.2) is 78.0 Å². The van der Waals surface area contributed by atoms with Gasteiger partial charge in [0.1, 0.15) is 0 Å². The molecule has 200 valence electrons. The Morgan fingerprint density at radius 2 is 1.81 bits per heavy atom. The van der Waals surface area contributed by atoms with Gasteiger partial charge in [-0.3, -0.25) is 19.7 Å². The average molecular weight is 497 g/mol. The summed E-state index contributed by atoms with van der Waals surface area (Å²) in [5.41, 5.74) is 6.39. The molecular formula is C30H48N4O2. The van der Waals surface area contributed by atoms with Crippen molar-refractivity contribution in [1.82, 2.24) is 9.80 Å². The van der Waals surface area contributed by atoms with E-state index >= 15 is 0 Å². The molecule has 0 aliphatic carbocycles. The lowest BCUT2D eigenvalue weighted by Gasteiger charge is -2.41. The second-order valence-electron chi connectivity index (χ2n) is 9.76. The van der Waals surface area contributed by atoms with Crippen LogP contribution in [0.3, 0.4) is 0 Å². The fourth-order valence-corrected chi connectivity index (χ4v) is 4.19. The van der Waals surface area contributed by atoms with E-state index in [0.29, 0.717) is 24.0 Å². The monoisotopic (exact) mass is 496 g/mol. The second-order valence-corrected chi connectivity index (χ2v) is 9.76. The van der Waals surface area contributed by atoms with Crippen LogP contribution < -0.4 is 0 Å². The molecule has 1 saturated heterocycles. The second kappa shape index (κ2) is 15.5. The summed E-state index contributed by atoms with van der Waals surface area (Å²) >= 11 is 0. The van der Waals surface area contributed by atoms with E-state index in [2.05, 4.69) is 68.1 Å². The van der Waals surface area contributed by atoms with Crippen molar-refractivity contribution in [2.24, 2.45) is 15.9 Å². The van der Waals surface area contributed by atoms with Gasteiger partial charge in [-0.05, 0) is 77.2 Å². The highest BCUT2D eigenvalue weighted by Gasteiger charge is 2.24. The molecule has 0 amide bonds. The first-order valence-electron chi connectivity index (χ1n) is 13.1. The van der Waals surface area contributed by atoms with Crippen LogP contribution >= 0.6 is 0 Å². The molecular weight excluding hydrogens is 448 g/mol. The number of aliphatic hydroxyl groups is 1. The molecule has 0 aromatic rings. The Labute approximate surface area is 219 Å². The van der Waals surface area contributed by atoms with E-state index in [1.807, 2.05) is 19.9 Å². The summed E-state index contributed by atoms with van der Waals surface area (Å²) in [7, 11) is 1.72. The summed E-state index contributed by atoms with van der Waals surface area (Å²) < 4.78 is 0. The first-order chi connectivity index (χ1) is 17.0. The van der Waals surface area contributed by atoms with Crippen molar-refractivity contribution in [3.05, 3.63) is 59.0 Å². The van der Waals surface area contributed by atoms with Gasteiger partial charge < -0.3 is 10.0 Å². The molecule has 0 saturated carbocycles. The number of hydrogen-bond acceptors (Lipinski definition) is 6. The lowest BCUT2D eigenvalue weighted by molar-refractivity contribution is -0.112. The van der Waals surface area contributed by atoms with E-state index in [4.69, 9.17) is 4.99 Å². The maximum atomic E-state index is 12.1. The number of carbonyl (C=O) groups excluding carboxylic acids is 1. The zero-order valence-corrected chi connectivity index (χ0v) is 24.1. The number of carbonyl (C=O) groups is 1. The molecule has 36 heavy (non-hydrogen) atoms. The predicted octanol–water partition coefficient (Wildman–Crippen LogP) is 5.39. The molecule has 2 atom stereocenters. The average Bonchev–Trinajstić information content (AvgIpc) is 2.83. The number of aliphatic hydroxyl groups excluding tert-OH is 1. The van der Waals surface area contributed by atoms with Crippen molar-refractivity contribution in [3.63, 3.8) is 0 Å². The maximum Gasteiger partial charge on any atom is 0.154 e. The maximum absolute atomic E-state index is 12.1. The van der Waals surface area contributed by atoms with Crippen LogP contribution in [0.1, 0.15) is 61.8 Å². The van der Waals surface area contributed by atoms with Crippen LogP contribution in [-0.2, 0) is 4.79 Å². The first kappa shape index (κ1) is 31.5. The fourth-order valence-electron chi connectivity index (χ4n) is 4.19. The lowest BCUT2D eigenvalue weighted by Crippen LogP contribution is -2.51. The number of rotatable bonds is 12. The minimum atomic E-state index is -0.0645. The third-order valence-electron chi connectivity index (χ3n) is 6.77. The molecule has 0 radical (unpaired) electrons. The van der Waals surface area contributed by atoms with Gasteiger partial charge in [-0.2, -0.15) is 0 Å². The molecule has 0 aromatic heterocycles. The van der Waals surface area contributed by atoms with Gasteiger partial charge in [0.15, 0.2) is 5.78 Å². The number of β-amino-alcohol motifs (C(OH)–C–C–N with tert-alkyl or cyclic N) is 1. The molecule has 6 heteroatoms. The van der Waals surface area contributed by atoms with Crippen LogP contribution in [0.2, 0.25) is 0 Å². The molecule has 1 rings (SSSR count). The zero-order valence-electron chi connectivity index (χ0n) is 24.1. The van der Waals surface area contributed by atoms with Crippen LogP contribution in [0.4, 0.5) is 0 Å². The zero-order chi connectivity index (χ0) is 27.4. The Bertz CT molecular complexity index is 965. The molecule has 6 nitrogen and oxygen atoms in total. The van der Waals surface area contributed by atoms with Gasteiger partial charge in [0.2, 0.25) is 0 Å². The van der Waals surface area contributed by atoms with Crippen molar-refractivity contribution < 1.29 is 9.90 Å². The Morgan fingerprint density at radius 1 is 1.14 bits per heavy atom. The fraction of sp³-hybridized carbons (Fsp3) is 0.567. The molecule has 1 fully saturated rings. The normalized spacial score (nSPS) is 20.6. The Balaban J connectivity index is 3.47. The SMILES string of the molecule is C=C(C)/C(C)=C/C(=N\C)C(=C/C(C)=O)/N=C(\C(C)=C/C(=C\C)N1CCN(CCO)[C@H](C)C1)C(C)CC. The topological polar surface area (TPSA) is 68.5 Å². The molecule has 1 aliphatic heterocycles. The Kier molecular flexibility index (Phi) is 13.6. The van der Waals surface area contributed by atoms with Gasteiger partial charge >= 0.3 is 0 Å². The van der Waals surface area contributed by atoms with Crippen molar-refractivity contribution in [2.75, 3.05) is 39.8 Å². The van der Waals surface area contributed by atoms with Gasteiger partial charge in [0, 0.05) is 56.8 Å². The summed E-state index contributed by atoms with van der Waals surface area (Å²) in [4.78, 5) is 26.4. The number of piperazine rings is 1. The highest BCUT2D eigenvalue weighted by molar-refractivity contribution is 6.14. The molecule has 1 heterocycles. The van der Waals surface area contributed by atoms with Gasteiger partial charge in [-0.15, -0.1) is 0 Å². The Hall–Kier alpha value is -2.57. The number of allylic oxidation sites excluding steroid dienone is 7. The lowest BCUT2D eigenvalue weighted by atomic mass is 9.95. The van der Waals surface area contributed by atoms with Crippen LogP contribution in [0.5, 0.6) is 0 Å². The van der Waals surface area contributed by atoms with E-state index in [1.54, 1.807) is 20.0 Å². The quantitative estimate of drug-likeness (QED) is 0.223. The van der Waals surface area contributed by atoms with Gasteiger partial charge in [-0.25, -0.2) is 0 Å². The van der Waals surface area contributed by atoms with Gasteiger partial charge in [0.05, 0.1) is 18.0 Å². The smallest absolute Gasteiger partial charge is 0.154 e. The standard InChI is InChI=1S/C30H48N4O2/c1-11-22(5)30(32-29(19-26(9)36)28(31-10)18-23(6)21(3)4)24(7)17-27(12-2)34-14-13-33(15-16-35)25(8)20-34/h12,17-19,22,25,35H,3,11,13-16,20H2,1-2,4-10H3/b23-18+,24-17-,27-12+,29-19-,31-28+,32-30-/t22?,25-/m1/s1. The summed E-state index contributed by atoms with van der Waals surface area (Å²) in [5.74, 6) is 0.143. The molecule has 1 N–H and O–H groups in total. The molecule has 1 unspecified atom stereocenters. The van der Waals surface area contributed by atoms with E-state index < -0.39 is 0 Å². The minimum Gasteiger partial charge on any atom is -0.395 e. The summed E-state index contributed by atoms with van der Waals surface area (Å²) in [6.45, 7) is 23.9. The van der Waals surface area contributed by atoms with E-state index in [9.17, 15) is 9.90 Å². The van der Waals surface area contributed by atoms with Crippen molar-refractivity contribution in [2.45, 2.75) is 67.9 Å². The highest BCUT2D eigenvalue weighted by Crippen LogP contribution is 2.21. The van der Waals surface area contributed by atoms with Crippen LogP contribution in [0.25, 0.3) is 0 Å². The molecule has 0 bridgehead atoms. The molecule has 1 aliphatic rings. The number of aliphatic imine (C=N–C) groups is 2.